The van der Waals surface area contributed by atoms with Crippen molar-refractivity contribution in [2.45, 2.75) is 31.7 Å². The van der Waals surface area contributed by atoms with Crippen LogP contribution < -0.4 is 19.3 Å². The number of hydrogen-bond acceptors (Lipinski definition) is 4. The molecule has 0 amide bonds. The predicted molar refractivity (Wildman–Crippen MR) is 107 cm³/mol. The molecule has 2 heterocycles. The molecule has 4 nitrogen and oxygen atoms in total. The smallest absolute Gasteiger partial charge is 0.119 e. The Balaban J connectivity index is 1.69. The highest BCUT2D eigenvalue weighted by molar-refractivity contribution is 5.62. The lowest BCUT2D eigenvalue weighted by Crippen LogP contribution is -2.26. The Kier molecular flexibility index (Phi) is 4.91. The summed E-state index contributed by atoms with van der Waals surface area (Å²) in [6.45, 7) is 3.41. The fourth-order valence-electron chi connectivity index (χ4n) is 4.35. The van der Waals surface area contributed by atoms with Gasteiger partial charge in [-0.05, 0) is 68.1 Å². The fourth-order valence-corrected chi connectivity index (χ4v) is 4.35. The molecule has 0 radical (unpaired) electrons. The topological polar surface area (TPSA) is 24.9 Å². The van der Waals surface area contributed by atoms with Gasteiger partial charge in [-0.25, -0.2) is 0 Å². The third-order valence-electron chi connectivity index (χ3n) is 5.70. The second-order valence-corrected chi connectivity index (χ2v) is 7.17. The molecule has 1 unspecified atom stereocenters. The van der Waals surface area contributed by atoms with Crippen molar-refractivity contribution in [2.24, 2.45) is 0 Å². The van der Waals surface area contributed by atoms with Gasteiger partial charge in [-0.3, -0.25) is 0 Å². The lowest BCUT2D eigenvalue weighted by Gasteiger charge is -2.31. The third kappa shape index (κ3) is 3.20. The van der Waals surface area contributed by atoms with E-state index in [-0.39, 0.29) is 0 Å². The van der Waals surface area contributed by atoms with Crippen molar-refractivity contribution in [2.75, 3.05) is 43.7 Å². The zero-order valence-electron chi connectivity index (χ0n) is 15.8. The van der Waals surface area contributed by atoms with Crippen molar-refractivity contribution in [3.05, 3.63) is 48.0 Å². The molecule has 0 spiro atoms. The molecule has 26 heavy (non-hydrogen) atoms. The molecule has 0 aliphatic carbocycles. The molecule has 0 N–H and O–H groups in total. The van der Waals surface area contributed by atoms with Gasteiger partial charge in [0.15, 0.2) is 0 Å². The third-order valence-corrected chi connectivity index (χ3v) is 5.70. The average Bonchev–Trinajstić information content (AvgIpc) is 3.39. The Morgan fingerprint density at radius 1 is 0.808 bits per heavy atom. The summed E-state index contributed by atoms with van der Waals surface area (Å²) < 4.78 is 10.9. The highest BCUT2D eigenvalue weighted by Crippen LogP contribution is 2.42. The lowest BCUT2D eigenvalue weighted by atomic mass is 10.0. The van der Waals surface area contributed by atoms with Crippen LogP contribution in [0.1, 0.15) is 37.3 Å². The van der Waals surface area contributed by atoms with E-state index in [1.165, 1.54) is 42.6 Å². The van der Waals surface area contributed by atoms with E-state index in [0.29, 0.717) is 6.04 Å². The van der Waals surface area contributed by atoms with E-state index in [1.807, 2.05) is 0 Å². The maximum absolute atomic E-state index is 5.55. The Hall–Kier alpha value is -2.36. The first-order valence-electron chi connectivity index (χ1n) is 9.64. The molecule has 2 fully saturated rings. The van der Waals surface area contributed by atoms with Crippen molar-refractivity contribution in [3.63, 3.8) is 0 Å². The average molecular weight is 352 g/mol. The van der Waals surface area contributed by atoms with Gasteiger partial charge in [-0.1, -0.05) is 0 Å². The Labute approximate surface area is 156 Å². The number of ether oxygens (including phenoxy) is 2. The van der Waals surface area contributed by atoms with Gasteiger partial charge in [0.05, 0.1) is 20.3 Å². The van der Waals surface area contributed by atoms with Crippen molar-refractivity contribution >= 4 is 11.4 Å². The van der Waals surface area contributed by atoms with Crippen LogP contribution >= 0.6 is 0 Å². The summed E-state index contributed by atoms with van der Waals surface area (Å²) in [6, 6.07) is 15.5. The number of rotatable bonds is 5. The van der Waals surface area contributed by atoms with Gasteiger partial charge < -0.3 is 19.3 Å². The molecule has 2 aromatic carbocycles. The van der Waals surface area contributed by atoms with Gasteiger partial charge in [0, 0.05) is 36.6 Å². The SMILES string of the molecule is COc1ccc(N2CCCC2c2cc(OC)ccc2N2CCCC2)cc1. The zero-order valence-corrected chi connectivity index (χ0v) is 15.8. The molecule has 2 aliphatic heterocycles. The first kappa shape index (κ1) is 17.1. The minimum Gasteiger partial charge on any atom is -0.497 e. The first-order valence-corrected chi connectivity index (χ1v) is 9.64. The van der Waals surface area contributed by atoms with E-state index in [4.69, 9.17) is 9.47 Å². The molecular weight excluding hydrogens is 324 g/mol. The molecule has 4 rings (SSSR count). The summed E-state index contributed by atoms with van der Waals surface area (Å²) in [5, 5.41) is 0. The molecule has 2 aliphatic rings. The van der Waals surface area contributed by atoms with Crippen LogP contribution in [0.2, 0.25) is 0 Å². The van der Waals surface area contributed by atoms with Crippen LogP contribution in [0.5, 0.6) is 11.5 Å². The summed E-state index contributed by atoms with van der Waals surface area (Å²) in [6.07, 6.45) is 4.98. The lowest BCUT2D eigenvalue weighted by molar-refractivity contribution is 0.414. The number of nitrogens with zero attached hydrogens (tertiary/aromatic N) is 2. The summed E-state index contributed by atoms with van der Waals surface area (Å²) in [4.78, 5) is 5.08. The van der Waals surface area contributed by atoms with E-state index in [2.05, 4.69) is 52.3 Å². The zero-order chi connectivity index (χ0) is 17.9. The van der Waals surface area contributed by atoms with Crippen molar-refractivity contribution in [3.8, 4) is 11.5 Å². The van der Waals surface area contributed by atoms with Gasteiger partial charge in [-0.2, -0.15) is 0 Å². The van der Waals surface area contributed by atoms with Crippen molar-refractivity contribution in [1.82, 2.24) is 0 Å². The van der Waals surface area contributed by atoms with Gasteiger partial charge in [0.25, 0.3) is 0 Å². The highest BCUT2D eigenvalue weighted by Gasteiger charge is 2.30. The standard InChI is InChI=1S/C22H28N2O2/c1-25-18-9-7-17(8-10-18)24-15-5-6-22(24)20-16-19(26-2)11-12-21(20)23-13-3-4-14-23/h7-12,16,22H,3-6,13-15H2,1-2H3. The molecule has 138 valence electrons. The van der Waals surface area contributed by atoms with Crippen LogP contribution in [0.4, 0.5) is 11.4 Å². The quantitative estimate of drug-likeness (QED) is 0.782. The number of methoxy groups -OCH3 is 2. The van der Waals surface area contributed by atoms with Crippen LogP contribution in [-0.4, -0.2) is 33.9 Å². The molecule has 2 saturated heterocycles. The van der Waals surface area contributed by atoms with E-state index in [0.717, 1.165) is 31.1 Å². The Bertz CT molecular complexity index is 738. The van der Waals surface area contributed by atoms with Crippen LogP contribution in [0.3, 0.4) is 0 Å². The summed E-state index contributed by atoms with van der Waals surface area (Å²) in [5.41, 5.74) is 4.05. The Morgan fingerprint density at radius 3 is 2.19 bits per heavy atom. The maximum atomic E-state index is 5.55. The first-order chi connectivity index (χ1) is 12.8. The van der Waals surface area contributed by atoms with Crippen molar-refractivity contribution < 1.29 is 9.47 Å². The number of benzene rings is 2. The minimum absolute atomic E-state index is 0.397. The number of hydrogen-bond donors (Lipinski definition) is 0. The van der Waals surface area contributed by atoms with Gasteiger partial charge in [-0.15, -0.1) is 0 Å². The second kappa shape index (κ2) is 7.48. The fraction of sp³-hybridized carbons (Fsp3) is 0.455. The van der Waals surface area contributed by atoms with Gasteiger partial charge in [0.2, 0.25) is 0 Å². The second-order valence-electron chi connectivity index (χ2n) is 7.17. The molecule has 2 aromatic rings. The van der Waals surface area contributed by atoms with E-state index >= 15 is 0 Å². The normalized spacial score (nSPS) is 19.8. The maximum Gasteiger partial charge on any atom is 0.119 e. The van der Waals surface area contributed by atoms with Crippen LogP contribution in [0, 0.1) is 0 Å². The molecule has 4 heteroatoms. The van der Waals surface area contributed by atoms with Crippen LogP contribution in [0.25, 0.3) is 0 Å². The largest absolute Gasteiger partial charge is 0.497 e. The van der Waals surface area contributed by atoms with E-state index in [1.54, 1.807) is 14.2 Å². The number of anilines is 2. The molecule has 0 saturated carbocycles. The monoisotopic (exact) mass is 352 g/mol. The molecule has 1 atom stereocenters. The van der Waals surface area contributed by atoms with Gasteiger partial charge in [0.1, 0.15) is 11.5 Å². The Morgan fingerprint density at radius 2 is 1.50 bits per heavy atom. The van der Waals surface area contributed by atoms with Crippen LogP contribution in [-0.2, 0) is 0 Å². The summed E-state index contributed by atoms with van der Waals surface area (Å²) in [7, 11) is 3.47. The van der Waals surface area contributed by atoms with Crippen LogP contribution in [0.15, 0.2) is 42.5 Å². The highest BCUT2D eigenvalue weighted by atomic mass is 16.5. The molecule has 0 aromatic heterocycles. The minimum atomic E-state index is 0.397. The predicted octanol–water partition coefficient (Wildman–Crippen LogP) is 4.65. The summed E-state index contributed by atoms with van der Waals surface area (Å²) >= 11 is 0. The molecule has 0 bridgehead atoms. The van der Waals surface area contributed by atoms with E-state index < -0.39 is 0 Å². The van der Waals surface area contributed by atoms with E-state index in [9.17, 15) is 0 Å². The molecular formula is C22H28N2O2. The summed E-state index contributed by atoms with van der Waals surface area (Å²) in [5.74, 6) is 1.85. The van der Waals surface area contributed by atoms with Gasteiger partial charge >= 0.3 is 0 Å². The van der Waals surface area contributed by atoms with Crippen molar-refractivity contribution in [1.29, 1.82) is 0 Å².